The summed E-state index contributed by atoms with van der Waals surface area (Å²) in [5.74, 6) is 1.80. The minimum atomic E-state index is -0.241. The van der Waals surface area contributed by atoms with E-state index in [1.165, 1.54) is 23.9 Å². The first-order valence-electron chi connectivity index (χ1n) is 4.99. The second-order valence-electron chi connectivity index (χ2n) is 3.40. The summed E-state index contributed by atoms with van der Waals surface area (Å²) in [4.78, 5) is 13.1. The van der Waals surface area contributed by atoms with Crippen molar-refractivity contribution in [1.29, 1.82) is 0 Å². The Balaban J connectivity index is 2.04. The van der Waals surface area contributed by atoms with Gasteiger partial charge in [-0.3, -0.25) is 0 Å². The highest BCUT2D eigenvalue weighted by atomic mass is 32.2. The topological polar surface area (TPSA) is 64.7 Å². The Morgan fingerprint density at radius 2 is 1.88 bits per heavy atom. The van der Waals surface area contributed by atoms with E-state index < -0.39 is 0 Å². The Kier molecular flexibility index (Phi) is 3.53. The lowest BCUT2D eigenvalue weighted by Gasteiger charge is -2.02. The summed E-state index contributed by atoms with van der Waals surface area (Å²) in [6.45, 7) is 1.77. The first-order chi connectivity index (χ1) is 8.13. The largest absolute Gasteiger partial charge is 0.368 e. The summed E-state index contributed by atoms with van der Waals surface area (Å²) in [7, 11) is 0. The molecule has 1 heterocycles. The Labute approximate surface area is 103 Å². The summed E-state index contributed by atoms with van der Waals surface area (Å²) in [6, 6.07) is 6.29. The number of hydrogen-bond donors (Lipinski definition) is 1. The average molecular weight is 250 g/mol. The van der Waals surface area contributed by atoms with Crippen molar-refractivity contribution in [3.63, 3.8) is 0 Å². The molecule has 6 heteroatoms. The molecule has 1 aromatic heterocycles. The number of halogens is 1. The third-order valence-electron chi connectivity index (χ3n) is 1.99. The molecule has 0 saturated carbocycles. The number of anilines is 1. The monoisotopic (exact) mass is 250 g/mol. The number of hydrogen-bond acceptors (Lipinski definition) is 5. The maximum absolute atomic E-state index is 12.7. The van der Waals surface area contributed by atoms with Crippen LogP contribution in [0.2, 0.25) is 0 Å². The fourth-order valence-corrected chi connectivity index (χ4v) is 2.06. The van der Waals surface area contributed by atoms with Gasteiger partial charge in [-0.25, -0.2) is 9.37 Å². The van der Waals surface area contributed by atoms with Gasteiger partial charge in [0, 0.05) is 4.90 Å². The van der Waals surface area contributed by atoms with Crippen molar-refractivity contribution in [3.05, 3.63) is 41.7 Å². The molecule has 0 amide bonds. The first kappa shape index (κ1) is 11.8. The standard InChI is InChI=1S/C11H11FN4S/c1-7-14-10(16-11(13)15-7)6-17-9-4-2-8(12)3-5-9/h2-5H,6H2,1H3,(H2,13,14,15,16). The van der Waals surface area contributed by atoms with Gasteiger partial charge in [0.1, 0.15) is 17.5 Å². The number of aromatic nitrogens is 3. The summed E-state index contributed by atoms with van der Waals surface area (Å²) in [5, 5.41) is 0. The van der Waals surface area contributed by atoms with Crippen LogP contribution in [0.3, 0.4) is 0 Å². The minimum absolute atomic E-state index is 0.229. The molecule has 0 unspecified atom stereocenters. The van der Waals surface area contributed by atoms with E-state index in [-0.39, 0.29) is 11.8 Å². The lowest BCUT2D eigenvalue weighted by molar-refractivity contribution is 0.626. The van der Waals surface area contributed by atoms with Crippen molar-refractivity contribution in [2.45, 2.75) is 17.6 Å². The van der Waals surface area contributed by atoms with E-state index in [0.717, 1.165) is 4.90 Å². The first-order valence-corrected chi connectivity index (χ1v) is 5.97. The van der Waals surface area contributed by atoms with Gasteiger partial charge in [-0.1, -0.05) is 0 Å². The second kappa shape index (κ2) is 5.09. The van der Waals surface area contributed by atoms with Crippen LogP contribution in [-0.4, -0.2) is 15.0 Å². The molecule has 88 valence electrons. The highest BCUT2D eigenvalue weighted by molar-refractivity contribution is 7.98. The van der Waals surface area contributed by atoms with E-state index in [1.54, 1.807) is 19.1 Å². The number of thioether (sulfide) groups is 1. The zero-order valence-corrected chi connectivity index (χ0v) is 10.0. The number of aryl methyl sites for hydroxylation is 1. The third-order valence-corrected chi connectivity index (χ3v) is 3.00. The number of nitrogens with zero attached hydrogens (tertiary/aromatic N) is 3. The van der Waals surface area contributed by atoms with Gasteiger partial charge in [-0.15, -0.1) is 11.8 Å². The van der Waals surface area contributed by atoms with Gasteiger partial charge in [0.2, 0.25) is 5.95 Å². The van der Waals surface area contributed by atoms with Gasteiger partial charge in [-0.2, -0.15) is 9.97 Å². The molecule has 4 nitrogen and oxygen atoms in total. The summed E-state index contributed by atoms with van der Waals surface area (Å²) in [5.41, 5.74) is 5.53. The van der Waals surface area contributed by atoms with E-state index in [9.17, 15) is 4.39 Å². The van der Waals surface area contributed by atoms with Crippen LogP contribution in [0.4, 0.5) is 10.3 Å². The van der Waals surface area contributed by atoms with E-state index in [1.807, 2.05) is 0 Å². The lowest BCUT2D eigenvalue weighted by atomic mass is 10.4. The summed E-state index contributed by atoms with van der Waals surface area (Å²) < 4.78 is 12.7. The molecule has 0 aliphatic carbocycles. The van der Waals surface area contributed by atoms with Crippen LogP contribution < -0.4 is 5.73 Å². The van der Waals surface area contributed by atoms with Crippen molar-refractivity contribution in [2.24, 2.45) is 0 Å². The van der Waals surface area contributed by atoms with Gasteiger partial charge in [-0.05, 0) is 31.2 Å². The molecule has 0 radical (unpaired) electrons. The molecule has 0 atom stereocenters. The normalized spacial score (nSPS) is 10.5. The zero-order valence-electron chi connectivity index (χ0n) is 9.22. The average Bonchev–Trinajstić information content (AvgIpc) is 2.27. The molecule has 0 bridgehead atoms. The fraction of sp³-hybridized carbons (Fsp3) is 0.182. The van der Waals surface area contributed by atoms with Gasteiger partial charge < -0.3 is 5.73 Å². The predicted octanol–water partition coefficient (Wildman–Crippen LogP) is 2.19. The highest BCUT2D eigenvalue weighted by Gasteiger charge is 2.02. The van der Waals surface area contributed by atoms with E-state index in [4.69, 9.17) is 5.73 Å². The maximum atomic E-state index is 12.7. The van der Waals surface area contributed by atoms with Crippen molar-refractivity contribution >= 4 is 17.7 Å². The summed E-state index contributed by atoms with van der Waals surface area (Å²) in [6.07, 6.45) is 0. The summed E-state index contributed by atoms with van der Waals surface area (Å²) >= 11 is 1.52. The Hall–Kier alpha value is -1.69. The van der Waals surface area contributed by atoms with Crippen molar-refractivity contribution in [2.75, 3.05) is 5.73 Å². The maximum Gasteiger partial charge on any atom is 0.223 e. The Bertz CT molecular complexity index is 495. The Morgan fingerprint density at radius 3 is 2.53 bits per heavy atom. The minimum Gasteiger partial charge on any atom is -0.368 e. The van der Waals surface area contributed by atoms with E-state index in [0.29, 0.717) is 17.4 Å². The molecular formula is C11H11FN4S. The van der Waals surface area contributed by atoms with Gasteiger partial charge in [0.25, 0.3) is 0 Å². The molecule has 0 aliphatic rings. The molecule has 2 N–H and O–H groups in total. The van der Waals surface area contributed by atoms with Crippen molar-refractivity contribution in [3.8, 4) is 0 Å². The number of benzene rings is 1. The highest BCUT2D eigenvalue weighted by Crippen LogP contribution is 2.21. The van der Waals surface area contributed by atoms with Crippen LogP contribution in [0.1, 0.15) is 11.6 Å². The quantitative estimate of drug-likeness (QED) is 0.846. The molecule has 0 aliphatic heterocycles. The molecule has 0 spiro atoms. The molecular weight excluding hydrogens is 239 g/mol. The fourth-order valence-electron chi connectivity index (χ4n) is 1.30. The van der Waals surface area contributed by atoms with Crippen LogP contribution in [-0.2, 0) is 5.75 Å². The lowest BCUT2D eigenvalue weighted by Crippen LogP contribution is -2.03. The predicted molar refractivity (Wildman–Crippen MR) is 64.9 cm³/mol. The van der Waals surface area contributed by atoms with Gasteiger partial charge in [0.05, 0.1) is 5.75 Å². The second-order valence-corrected chi connectivity index (χ2v) is 4.45. The molecule has 0 saturated heterocycles. The van der Waals surface area contributed by atoms with Crippen LogP contribution in [0.25, 0.3) is 0 Å². The molecule has 17 heavy (non-hydrogen) atoms. The van der Waals surface area contributed by atoms with Gasteiger partial charge in [0.15, 0.2) is 0 Å². The zero-order chi connectivity index (χ0) is 12.3. The smallest absolute Gasteiger partial charge is 0.223 e. The van der Waals surface area contributed by atoms with Crippen molar-refractivity contribution in [1.82, 2.24) is 15.0 Å². The van der Waals surface area contributed by atoms with Crippen LogP contribution in [0, 0.1) is 12.7 Å². The Morgan fingerprint density at radius 1 is 1.18 bits per heavy atom. The number of rotatable bonds is 3. The molecule has 2 aromatic rings. The van der Waals surface area contributed by atoms with E-state index in [2.05, 4.69) is 15.0 Å². The SMILES string of the molecule is Cc1nc(N)nc(CSc2ccc(F)cc2)n1. The molecule has 2 rings (SSSR count). The van der Waals surface area contributed by atoms with Crippen molar-refractivity contribution < 1.29 is 4.39 Å². The molecule has 1 aromatic carbocycles. The van der Waals surface area contributed by atoms with Crippen LogP contribution in [0.5, 0.6) is 0 Å². The van der Waals surface area contributed by atoms with E-state index >= 15 is 0 Å². The van der Waals surface area contributed by atoms with Crippen LogP contribution >= 0.6 is 11.8 Å². The van der Waals surface area contributed by atoms with Gasteiger partial charge >= 0.3 is 0 Å². The number of nitrogens with two attached hydrogens (primary N) is 1. The van der Waals surface area contributed by atoms with Crippen LogP contribution in [0.15, 0.2) is 29.2 Å². The molecule has 0 fully saturated rings. The third kappa shape index (κ3) is 3.39. The number of nitrogen functional groups attached to an aromatic ring is 1.